The fraction of sp³-hybridized carbons (Fsp3) is 0.250. The number of hydrogen-bond donors (Lipinski definition) is 2. The van der Waals surface area contributed by atoms with Gasteiger partial charge in [-0.3, -0.25) is 0 Å². The summed E-state index contributed by atoms with van der Waals surface area (Å²) in [5.41, 5.74) is 11.3. The van der Waals surface area contributed by atoms with Crippen LogP contribution >= 0.6 is 0 Å². The van der Waals surface area contributed by atoms with Gasteiger partial charge in [-0.05, 0) is 36.2 Å². The molecular formula is C16H18N2O. The van der Waals surface area contributed by atoms with Crippen molar-refractivity contribution < 1.29 is 5.11 Å². The van der Waals surface area contributed by atoms with Crippen molar-refractivity contribution in [2.24, 2.45) is 0 Å². The maximum absolute atomic E-state index is 9.88. The smallest absolute Gasteiger partial charge is 0.0781 e. The number of anilines is 2. The van der Waals surface area contributed by atoms with E-state index in [0.717, 1.165) is 30.0 Å². The lowest BCUT2D eigenvalue weighted by atomic mass is 10.1. The summed E-state index contributed by atoms with van der Waals surface area (Å²) in [5, 5.41) is 9.88. The maximum atomic E-state index is 9.88. The van der Waals surface area contributed by atoms with Crippen molar-refractivity contribution in [1.29, 1.82) is 0 Å². The number of hydrogen-bond acceptors (Lipinski definition) is 3. The second kappa shape index (κ2) is 4.59. The molecule has 19 heavy (non-hydrogen) atoms. The zero-order chi connectivity index (χ0) is 13.4. The van der Waals surface area contributed by atoms with Gasteiger partial charge in [-0.1, -0.05) is 24.3 Å². The molecule has 2 aromatic carbocycles. The van der Waals surface area contributed by atoms with E-state index in [0.29, 0.717) is 0 Å². The first kappa shape index (κ1) is 12.1. The van der Waals surface area contributed by atoms with Crippen LogP contribution in [0.4, 0.5) is 11.4 Å². The van der Waals surface area contributed by atoms with E-state index >= 15 is 0 Å². The van der Waals surface area contributed by atoms with Crippen molar-refractivity contribution in [1.82, 2.24) is 0 Å². The summed E-state index contributed by atoms with van der Waals surface area (Å²) in [6, 6.07) is 14.1. The topological polar surface area (TPSA) is 49.5 Å². The Labute approximate surface area is 113 Å². The van der Waals surface area contributed by atoms with Crippen molar-refractivity contribution >= 4 is 11.4 Å². The van der Waals surface area contributed by atoms with Crippen LogP contribution < -0.4 is 10.6 Å². The zero-order valence-corrected chi connectivity index (χ0v) is 11.0. The van der Waals surface area contributed by atoms with Gasteiger partial charge in [0.1, 0.15) is 0 Å². The molecule has 1 aliphatic heterocycles. The Kier molecular flexibility index (Phi) is 2.91. The van der Waals surface area contributed by atoms with Crippen LogP contribution in [-0.4, -0.2) is 5.11 Å². The minimum Gasteiger partial charge on any atom is -0.399 e. The summed E-state index contributed by atoms with van der Waals surface area (Å²) < 4.78 is 0. The molecule has 0 spiro atoms. The maximum Gasteiger partial charge on any atom is 0.0781 e. The fourth-order valence-electron chi connectivity index (χ4n) is 2.71. The van der Waals surface area contributed by atoms with Crippen molar-refractivity contribution in [3.8, 4) is 0 Å². The first-order valence-corrected chi connectivity index (χ1v) is 6.54. The van der Waals surface area contributed by atoms with Crippen LogP contribution in [0.3, 0.4) is 0 Å². The van der Waals surface area contributed by atoms with E-state index in [2.05, 4.69) is 17.0 Å². The van der Waals surface area contributed by atoms with Crippen LogP contribution in [0, 0.1) is 0 Å². The van der Waals surface area contributed by atoms with E-state index in [4.69, 9.17) is 5.73 Å². The van der Waals surface area contributed by atoms with Gasteiger partial charge in [-0.25, -0.2) is 0 Å². The molecule has 0 saturated heterocycles. The van der Waals surface area contributed by atoms with Gasteiger partial charge in [-0.2, -0.15) is 0 Å². The highest BCUT2D eigenvalue weighted by Gasteiger charge is 2.22. The number of nitrogens with two attached hydrogens (primary N) is 1. The van der Waals surface area contributed by atoms with Gasteiger partial charge in [0, 0.05) is 30.0 Å². The standard InChI is InChI=1S/C16H18N2O/c1-11(19)15-4-2-3-5-16(15)18-9-12-6-7-14(17)8-13(12)10-18/h2-8,11,19H,9-10,17H2,1H3. The summed E-state index contributed by atoms with van der Waals surface area (Å²) >= 11 is 0. The Balaban J connectivity index is 1.95. The third-order valence-electron chi connectivity index (χ3n) is 3.68. The highest BCUT2D eigenvalue weighted by molar-refractivity contribution is 5.59. The van der Waals surface area contributed by atoms with E-state index in [1.165, 1.54) is 11.1 Å². The number of rotatable bonds is 2. The average Bonchev–Trinajstić information content (AvgIpc) is 2.81. The molecule has 2 aromatic rings. The molecule has 98 valence electrons. The monoisotopic (exact) mass is 254 g/mol. The molecule has 3 nitrogen and oxygen atoms in total. The van der Waals surface area contributed by atoms with E-state index in [1.54, 1.807) is 6.92 Å². The van der Waals surface area contributed by atoms with Crippen LogP contribution in [0.2, 0.25) is 0 Å². The normalized spacial score (nSPS) is 15.4. The fourth-order valence-corrected chi connectivity index (χ4v) is 2.71. The molecule has 1 atom stereocenters. The zero-order valence-electron chi connectivity index (χ0n) is 11.0. The summed E-state index contributed by atoms with van der Waals surface area (Å²) in [6.45, 7) is 3.53. The summed E-state index contributed by atoms with van der Waals surface area (Å²) in [7, 11) is 0. The van der Waals surface area contributed by atoms with Crippen LogP contribution in [0.15, 0.2) is 42.5 Å². The molecule has 3 rings (SSSR count). The van der Waals surface area contributed by atoms with Gasteiger partial charge < -0.3 is 15.7 Å². The van der Waals surface area contributed by atoms with Gasteiger partial charge in [0.2, 0.25) is 0 Å². The Morgan fingerprint density at radius 1 is 1.11 bits per heavy atom. The predicted octanol–water partition coefficient (Wildman–Crippen LogP) is 2.84. The van der Waals surface area contributed by atoms with Crippen LogP contribution in [0.5, 0.6) is 0 Å². The number of aliphatic hydroxyl groups is 1. The molecule has 0 radical (unpaired) electrons. The number of aliphatic hydroxyl groups excluding tert-OH is 1. The van der Waals surface area contributed by atoms with Gasteiger partial charge in [-0.15, -0.1) is 0 Å². The molecule has 0 aliphatic carbocycles. The number of para-hydroxylation sites is 1. The second-order valence-electron chi connectivity index (χ2n) is 5.12. The lowest BCUT2D eigenvalue weighted by Gasteiger charge is -2.22. The van der Waals surface area contributed by atoms with Crippen LogP contribution in [0.1, 0.15) is 29.7 Å². The van der Waals surface area contributed by atoms with Gasteiger partial charge in [0.25, 0.3) is 0 Å². The quantitative estimate of drug-likeness (QED) is 0.810. The molecular weight excluding hydrogens is 236 g/mol. The first-order chi connectivity index (χ1) is 9.15. The molecule has 3 N–H and O–H groups in total. The van der Waals surface area contributed by atoms with Crippen molar-refractivity contribution in [2.75, 3.05) is 10.6 Å². The summed E-state index contributed by atoms with van der Waals surface area (Å²) in [5.74, 6) is 0. The van der Waals surface area contributed by atoms with Crippen molar-refractivity contribution in [2.45, 2.75) is 26.1 Å². The lowest BCUT2D eigenvalue weighted by molar-refractivity contribution is 0.199. The average molecular weight is 254 g/mol. The van der Waals surface area contributed by atoms with E-state index in [-0.39, 0.29) is 0 Å². The Hall–Kier alpha value is -2.00. The molecule has 0 amide bonds. The Bertz CT molecular complexity index is 607. The minimum absolute atomic E-state index is 0.454. The van der Waals surface area contributed by atoms with Crippen molar-refractivity contribution in [3.05, 3.63) is 59.2 Å². The van der Waals surface area contributed by atoms with Gasteiger partial charge in [0.05, 0.1) is 6.10 Å². The second-order valence-corrected chi connectivity index (χ2v) is 5.12. The predicted molar refractivity (Wildman–Crippen MR) is 77.8 cm³/mol. The van der Waals surface area contributed by atoms with Crippen molar-refractivity contribution in [3.63, 3.8) is 0 Å². The number of nitrogen functional groups attached to an aromatic ring is 1. The first-order valence-electron chi connectivity index (χ1n) is 6.54. The number of nitrogens with zero attached hydrogens (tertiary/aromatic N) is 1. The Morgan fingerprint density at radius 3 is 2.63 bits per heavy atom. The van der Waals surface area contributed by atoms with E-state index in [9.17, 15) is 5.11 Å². The molecule has 0 aromatic heterocycles. The third-order valence-corrected chi connectivity index (χ3v) is 3.68. The molecule has 0 bridgehead atoms. The number of fused-ring (bicyclic) bond motifs is 1. The molecule has 1 unspecified atom stereocenters. The van der Waals surface area contributed by atoms with Gasteiger partial charge in [0.15, 0.2) is 0 Å². The molecule has 0 saturated carbocycles. The highest BCUT2D eigenvalue weighted by atomic mass is 16.3. The van der Waals surface area contributed by atoms with Crippen LogP contribution in [-0.2, 0) is 13.1 Å². The van der Waals surface area contributed by atoms with Crippen LogP contribution in [0.25, 0.3) is 0 Å². The lowest BCUT2D eigenvalue weighted by Crippen LogP contribution is -2.17. The molecule has 1 heterocycles. The molecule has 1 aliphatic rings. The molecule has 0 fully saturated rings. The third kappa shape index (κ3) is 2.17. The van der Waals surface area contributed by atoms with Gasteiger partial charge >= 0.3 is 0 Å². The largest absolute Gasteiger partial charge is 0.399 e. The summed E-state index contributed by atoms with van der Waals surface area (Å²) in [6.07, 6.45) is -0.454. The van der Waals surface area contributed by atoms with E-state index < -0.39 is 6.10 Å². The highest BCUT2D eigenvalue weighted by Crippen LogP contribution is 2.33. The number of benzene rings is 2. The minimum atomic E-state index is -0.454. The summed E-state index contributed by atoms with van der Waals surface area (Å²) in [4.78, 5) is 2.28. The molecule has 3 heteroatoms. The van der Waals surface area contributed by atoms with E-state index in [1.807, 2.05) is 30.3 Å². The SMILES string of the molecule is CC(O)c1ccccc1N1Cc2ccc(N)cc2C1. The Morgan fingerprint density at radius 2 is 1.84 bits per heavy atom.